The van der Waals surface area contributed by atoms with Crippen molar-refractivity contribution in [3.05, 3.63) is 33.5 Å². The van der Waals surface area contributed by atoms with Crippen molar-refractivity contribution in [2.45, 2.75) is 39.7 Å². The van der Waals surface area contributed by atoms with Crippen molar-refractivity contribution < 1.29 is 9.59 Å². The van der Waals surface area contributed by atoms with Crippen LogP contribution in [0.5, 0.6) is 0 Å². The van der Waals surface area contributed by atoms with Gasteiger partial charge in [0.1, 0.15) is 5.69 Å². The molecule has 25 heavy (non-hydrogen) atoms. The molecule has 3 N–H and O–H groups in total. The second-order valence-electron chi connectivity index (χ2n) is 6.89. The average molecular weight is 361 g/mol. The van der Waals surface area contributed by atoms with Gasteiger partial charge < -0.3 is 11.1 Å². The zero-order valence-electron chi connectivity index (χ0n) is 14.5. The van der Waals surface area contributed by atoms with E-state index in [2.05, 4.69) is 29.2 Å². The van der Waals surface area contributed by atoms with Gasteiger partial charge in [-0.1, -0.05) is 13.8 Å². The summed E-state index contributed by atoms with van der Waals surface area (Å²) in [6.45, 7) is 5.56. The first kappa shape index (κ1) is 17.6. The summed E-state index contributed by atoms with van der Waals surface area (Å²) in [6.07, 6.45) is 4.02. The second-order valence-corrected chi connectivity index (χ2v) is 7.83. The molecular formula is C17H23N5O2S. The fourth-order valence-corrected chi connectivity index (χ4v) is 4.05. The quantitative estimate of drug-likeness (QED) is 0.816. The molecule has 0 aliphatic carbocycles. The summed E-state index contributed by atoms with van der Waals surface area (Å²) in [6, 6.07) is 0. The zero-order chi connectivity index (χ0) is 18.0. The van der Waals surface area contributed by atoms with Crippen LogP contribution in [0.15, 0.2) is 11.6 Å². The van der Waals surface area contributed by atoms with Gasteiger partial charge in [0.25, 0.3) is 11.8 Å². The molecule has 1 aliphatic rings. The number of rotatable bonds is 6. The summed E-state index contributed by atoms with van der Waals surface area (Å²) in [7, 11) is 0. The minimum Gasteiger partial charge on any atom is -0.365 e. The molecule has 0 saturated heterocycles. The van der Waals surface area contributed by atoms with Crippen LogP contribution in [0.3, 0.4) is 0 Å². The molecule has 3 rings (SSSR count). The number of aryl methyl sites for hydroxylation is 1. The highest BCUT2D eigenvalue weighted by Gasteiger charge is 2.25. The lowest BCUT2D eigenvalue weighted by atomic mass is 9.94. The van der Waals surface area contributed by atoms with Crippen molar-refractivity contribution in [1.29, 1.82) is 0 Å². The molecule has 2 aromatic rings. The number of nitrogens with two attached hydrogens (primary N) is 1. The number of nitrogens with zero attached hydrogens (tertiary/aromatic N) is 3. The molecule has 8 heteroatoms. The lowest BCUT2D eigenvalue weighted by Crippen LogP contribution is -2.34. The lowest BCUT2D eigenvalue weighted by Gasteiger charge is -2.24. The Morgan fingerprint density at radius 3 is 3.00 bits per heavy atom. The number of aromatic nitrogens is 3. The van der Waals surface area contributed by atoms with Gasteiger partial charge in [0.2, 0.25) is 0 Å². The normalized spacial score (nSPS) is 16.7. The highest BCUT2D eigenvalue weighted by Crippen LogP contribution is 2.22. The molecule has 2 aromatic heterocycles. The maximum Gasteiger partial charge on any atom is 0.270 e. The third-order valence-corrected chi connectivity index (χ3v) is 5.24. The van der Waals surface area contributed by atoms with Crippen LogP contribution in [0.1, 0.15) is 51.8 Å². The molecule has 2 amide bonds. The summed E-state index contributed by atoms with van der Waals surface area (Å²) >= 11 is 1.53. The van der Waals surface area contributed by atoms with E-state index in [9.17, 15) is 9.59 Å². The Balaban J connectivity index is 1.57. The molecule has 0 fully saturated rings. The van der Waals surface area contributed by atoms with Crippen LogP contribution in [-0.4, -0.2) is 33.1 Å². The highest BCUT2D eigenvalue weighted by molar-refractivity contribution is 7.09. The van der Waals surface area contributed by atoms with Crippen molar-refractivity contribution in [3.8, 4) is 0 Å². The predicted octanol–water partition coefficient (Wildman–Crippen LogP) is 1.63. The van der Waals surface area contributed by atoms with Gasteiger partial charge in [0.15, 0.2) is 0 Å². The average Bonchev–Trinajstić information content (AvgIpc) is 3.18. The van der Waals surface area contributed by atoms with E-state index in [1.165, 1.54) is 17.5 Å². The van der Waals surface area contributed by atoms with E-state index in [4.69, 9.17) is 5.73 Å². The van der Waals surface area contributed by atoms with Crippen molar-refractivity contribution in [2.24, 2.45) is 17.6 Å². The molecule has 134 valence electrons. The highest BCUT2D eigenvalue weighted by atomic mass is 32.1. The Hall–Kier alpha value is -2.22. The number of hydrogen-bond donors (Lipinski definition) is 2. The number of carbonyl (C=O) groups is 2. The van der Waals surface area contributed by atoms with Gasteiger partial charge >= 0.3 is 0 Å². The minimum absolute atomic E-state index is 0.138. The minimum atomic E-state index is -0.453. The van der Waals surface area contributed by atoms with Gasteiger partial charge in [-0.05, 0) is 24.7 Å². The van der Waals surface area contributed by atoms with E-state index < -0.39 is 5.91 Å². The summed E-state index contributed by atoms with van der Waals surface area (Å²) in [5.74, 6) is 0.195. The van der Waals surface area contributed by atoms with Gasteiger partial charge in [-0.2, -0.15) is 5.10 Å². The summed E-state index contributed by atoms with van der Waals surface area (Å²) in [4.78, 5) is 28.2. The summed E-state index contributed by atoms with van der Waals surface area (Å²) in [5, 5.41) is 9.97. The third kappa shape index (κ3) is 4.07. The molecule has 1 unspecified atom stereocenters. The number of primary amides is 1. The van der Waals surface area contributed by atoms with E-state index >= 15 is 0 Å². The number of carbonyl (C=O) groups excluding carboxylic acids is 2. The van der Waals surface area contributed by atoms with Crippen molar-refractivity contribution in [3.63, 3.8) is 0 Å². The maximum atomic E-state index is 12.3. The standard InChI is InChI=1S/C17H23N5O2S/c1-10(2)5-15-21-13(9-25-15)17(24)19-7-11-3-4-22-14(6-11)12(8-20-22)16(18)23/h8-11H,3-7H2,1-2H3,(H2,18,23)(H,19,24). The molecule has 0 saturated carbocycles. The first-order valence-electron chi connectivity index (χ1n) is 8.51. The Morgan fingerprint density at radius 1 is 1.48 bits per heavy atom. The van der Waals surface area contributed by atoms with Crippen LogP contribution < -0.4 is 11.1 Å². The van der Waals surface area contributed by atoms with Crippen LogP contribution in [0.2, 0.25) is 0 Å². The van der Waals surface area contributed by atoms with Crippen molar-refractivity contribution in [1.82, 2.24) is 20.1 Å². The van der Waals surface area contributed by atoms with Gasteiger partial charge in [-0.25, -0.2) is 4.98 Å². The molecule has 0 aromatic carbocycles. The smallest absolute Gasteiger partial charge is 0.270 e. The van der Waals surface area contributed by atoms with Gasteiger partial charge in [0, 0.05) is 24.9 Å². The van der Waals surface area contributed by atoms with Crippen molar-refractivity contribution in [2.75, 3.05) is 6.54 Å². The Labute approximate surface area is 150 Å². The van der Waals surface area contributed by atoms with E-state index in [1.807, 2.05) is 10.1 Å². The summed E-state index contributed by atoms with van der Waals surface area (Å²) < 4.78 is 1.83. The molecular weight excluding hydrogens is 338 g/mol. The number of hydrogen-bond acceptors (Lipinski definition) is 5. The molecule has 0 spiro atoms. The van der Waals surface area contributed by atoms with E-state index in [0.717, 1.165) is 30.1 Å². The topological polar surface area (TPSA) is 103 Å². The van der Waals surface area contributed by atoms with Crippen LogP contribution >= 0.6 is 11.3 Å². The maximum absolute atomic E-state index is 12.3. The van der Waals surface area contributed by atoms with Gasteiger partial charge in [0.05, 0.1) is 22.5 Å². The fourth-order valence-electron chi connectivity index (χ4n) is 3.06. The second kappa shape index (κ2) is 7.35. The predicted molar refractivity (Wildman–Crippen MR) is 95.5 cm³/mol. The molecule has 7 nitrogen and oxygen atoms in total. The fraction of sp³-hybridized carbons (Fsp3) is 0.529. The van der Waals surface area contributed by atoms with Crippen LogP contribution in [-0.2, 0) is 19.4 Å². The number of nitrogens with one attached hydrogen (secondary N) is 1. The van der Waals surface area contributed by atoms with E-state index in [1.54, 1.807) is 0 Å². The van der Waals surface area contributed by atoms with Gasteiger partial charge in [-0.15, -0.1) is 11.3 Å². The van der Waals surface area contributed by atoms with Crippen molar-refractivity contribution >= 4 is 23.2 Å². The van der Waals surface area contributed by atoms with Crippen LogP contribution in [0.25, 0.3) is 0 Å². The number of thiazole rings is 1. The molecule has 1 aliphatic heterocycles. The molecule has 1 atom stereocenters. The molecule has 0 bridgehead atoms. The van der Waals surface area contributed by atoms with Crippen LogP contribution in [0, 0.1) is 11.8 Å². The number of fused-ring (bicyclic) bond motifs is 1. The van der Waals surface area contributed by atoms with E-state index in [-0.39, 0.29) is 11.8 Å². The Kier molecular flexibility index (Phi) is 5.17. The third-order valence-electron chi connectivity index (χ3n) is 4.36. The first-order chi connectivity index (χ1) is 11.9. The first-order valence-corrected chi connectivity index (χ1v) is 9.39. The lowest BCUT2D eigenvalue weighted by molar-refractivity contribution is 0.0937. The largest absolute Gasteiger partial charge is 0.365 e. The monoisotopic (exact) mass is 361 g/mol. The Bertz CT molecular complexity index is 780. The van der Waals surface area contributed by atoms with Gasteiger partial charge in [-0.3, -0.25) is 14.3 Å². The number of amides is 2. The SMILES string of the molecule is CC(C)Cc1nc(C(=O)NCC2CCn3ncc(C(N)=O)c3C2)cs1. The summed E-state index contributed by atoms with van der Waals surface area (Å²) in [5.41, 5.74) is 7.23. The molecule has 3 heterocycles. The van der Waals surface area contributed by atoms with Crippen LogP contribution in [0.4, 0.5) is 0 Å². The Morgan fingerprint density at radius 2 is 2.28 bits per heavy atom. The zero-order valence-corrected chi connectivity index (χ0v) is 15.3. The molecule has 0 radical (unpaired) electrons. The van der Waals surface area contributed by atoms with E-state index in [0.29, 0.717) is 30.1 Å².